The molecule has 0 atom stereocenters. The van der Waals surface area contributed by atoms with Crippen molar-refractivity contribution >= 4 is 0 Å². The summed E-state index contributed by atoms with van der Waals surface area (Å²) in [5, 5.41) is 9.29. The molecule has 1 aromatic carbocycles. The molecule has 1 aromatic rings. The van der Waals surface area contributed by atoms with Crippen LogP contribution in [-0.2, 0) is 5.41 Å². The Labute approximate surface area is 92.1 Å². The second-order valence-corrected chi connectivity index (χ2v) is 4.78. The predicted octanol–water partition coefficient (Wildman–Crippen LogP) is 4.00. The van der Waals surface area contributed by atoms with E-state index >= 15 is 0 Å². The third-order valence-corrected chi connectivity index (χ3v) is 3.80. The highest BCUT2D eigenvalue weighted by Gasteiger charge is 2.37. The Bertz CT molecular complexity index is 309. The molecule has 0 radical (unpaired) electrons. The fraction of sp³-hybridized carbons (Fsp3) is 0.571. The van der Waals surface area contributed by atoms with Crippen molar-refractivity contribution in [2.45, 2.75) is 50.9 Å². The van der Waals surface area contributed by atoms with Gasteiger partial charge in [0.15, 0.2) is 0 Å². The molecule has 1 N–H and O–H groups in total. The first kappa shape index (κ1) is 10.5. The third kappa shape index (κ3) is 2.01. The highest BCUT2D eigenvalue weighted by molar-refractivity contribution is 5.33. The van der Waals surface area contributed by atoms with Crippen molar-refractivity contribution in [1.82, 2.24) is 0 Å². The van der Waals surface area contributed by atoms with E-state index in [2.05, 4.69) is 19.1 Å². The summed E-state index contributed by atoms with van der Waals surface area (Å²) in [5.74, 6) is 0.378. The second kappa shape index (κ2) is 4.26. The van der Waals surface area contributed by atoms with Gasteiger partial charge in [0.1, 0.15) is 5.75 Å². The third-order valence-electron chi connectivity index (χ3n) is 3.80. The molecule has 1 nitrogen and oxygen atoms in total. The van der Waals surface area contributed by atoms with Gasteiger partial charge in [0, 0.05) is 0 Å². The van der Waals surface area contributed by atoms with Crippen LogP contribution in [0.4, 0.5) is 0 Å². The van der Waals surface area contributed by atoms with E-state index in [1.165, 1.54) is 44.1 Å². The molecule has 2 rings (SSSR count). The maximum atomic E-state index is 9.29. The van der Waals surface area contributed by atoms with Gasteiger partial charge >= 0.3 is 0 Å². The lowest BCUT2D eigenvalue weighted by Gasteiger charge is -2.43. The molecule has 0 aromatic heterocycles. The summed E-state index contributed by atoms with van der Waals surface area (Å²) in [6.07, 6.45) is 7.94. The summed E-state index contributed by atoms with van der Waals surface area (Å²) in [4.78, 5) is 0. The number of hydrogen-bond donors (Lipinski definition) is 1. The first-order valence-corrected chi connectivity index (χ1v) is 6.06. The van der Waals surface area contributed by atoms with Crippen molar-refractivity contribution < 1.29 is 5.11 Å². The van der Waals surface area contributed by atoms with Crippen molar-refractivity contribution in [3.63, 3.8) is 0 Å². The maximum Gasteiger partial charge on any atom is 0.115 e. The molecule has 1 aliphatic rings. The SMILES string of the molecule is CCCCC1(c2ccc(O)cc2)CCC1. The molecule has 0 aliphatic heterocycles. The molecule has 0 spiro atoms. The quantitative estimate of drug-likeness (QED) is 0.785. The minimum Gasteiger partial charge on any atom is -0.508 e. The second-order valence-electron chi connectivity index (χ2n) is 4.78. The highest BCUT2D eigenvalue weighted by atomic mass is 16.3. The van der Waals surface area contributed by atoms with E-state index in [4.69, 9.17) is 0 Å². The molecular formula is C14H20O. The molecular weight excluding hydrogens is 184 g/mol. The molecule has 1 fully saturated rings. The lowest BCUT2D eigenvalue weighted by atomic mass is 9.62. The van der Waals surface area contributed by atoms with Crippen LogP contribution in [0.5, 0.6) is 5.75 Å². The zero-order valence-electron chi connectivity index (χ0n) is 9.50. The fourth-order valence-corrected chi connectivity index (χ4v) is 2.62. The van der Waals surface area contributed by atoms with E-state index in [9.17, 15) is 5.11 Å². The van der Waals surface area contributed by atoms with Crippen molar-refractivity contribution in [2.75, 3.05) is 0 Å². The van der Waals surface area contributed by atoms with Crippen LogP contribution in [0.15, 0.2) is 24.3 Å². The number of unbranched alkanes of at least 4 members (excludes halogenated alkanes) is 1. The molecule has 0 bridgehead atoms. The topological polar surface area (TPSA) is 20.2 Å². The molecule has 0 amide bonds. The minimum atomic E-state index is 0.378. The van der Waals surface area contributed by atoms with Crippen molar-refractivity contribution in [3.05, 3.63) is 29.8 Å². The molecule has 1 aliphatic carbocycles. The normalized spacial score (nSPS) is 18.5. The lowest BCUT2D eigenvalue weighted by Crippen LogP contribution is -2.33. The number of benzene rings is 1. The Kier molecular flexibility index (Phi) is 2.99. The summed E-state index contributed by atoms with van der Waals surface area (Å²) in [5.41, 5.74) is 1.88. The summed E-state index contributed by atoms with van der Waals surface area (Å²) in [6, 6.07) is 7.84. The van der Waals surface area contributed by atoms with Gasteiger partial charge in [-0.25, -0.2) is 0 Å². The molecule has 0 saturated heterocycles. The average Bonchev–Trinajstić information content (AvgIpc) is 2.19. The van der Waals surface area contributed by atoms with E-state index in [1.807, 2.05) is 12.1 Å². The van der Waals surface area contributed by atoms with E-state index in [-0.39, 0.29) is 0 Å². The molecule has 1 heteroatoms. The Morgan fingerprint density at radius 2 is 1.87 bits per heavy atom. The van der Waals surface area contributed by atoms with E-state index in [1.54, 1.807) is 0 Å². The van der Waals surface area contributed by atoms with Crippen LogP contribution >= 0.6 is 0 Å². The average molecular weight is 204 g/mol. The van der Waals surface area contributed by atoms with Crippen LogP contribution in [0, 0.1) is 0 Å². The zero-order chi connectivity index (χ0) is 10.7. The Hall–Kier alpha value is -0.980. The molecule has 1 saturated carbocycles. The number of hydrogen-bond acceptors (Lipinski definition) is 1. The predicted molar refractivity (Wildman–Crippen MR) is 63.2 cm³/mol. The van der Waals surface area contributed by atoms with Gasteiger partial charge in [-0.05, 0) is 42.4 Å². The first-order chi connectivity index (χ1) is 7.27. The zero-order valence-corrected chi connectivity index (χ0v) is 9.50. The summed E-state index contributed by atoms with van der Waals surface area (Å²) < 4.78 is 0. The number of phenolic OH excluding ortho intramolecular Hbond substituents is 1. The lowest BCUT2D eigenvalue weighted by molar-refractivity contribution is 0.220. The van der Waals surface area contributed by atoms with Crippen molar-refractivity contribution in [3.8, 4) is 5.75 Å². The van der Waals surface area contributed by atoms with E-state index in [0.29, 0.717) is 11.2 Å². The van der Waals surface area contributed by atoms with Crippen molar-refractivity contribution in [2.24, 2.45) is 0 Å². The molecule has 0 unspecified atom stereocenters. The fourth-order valence-electron chi connectivity index (χ4n) is 2.62. The number of aromatic hydroxyl groups is 1. The van der Waals surface area contributed by atoms with Crippen LogP contribution in [0.1, 0.15) is 51.0 Å². The standard InChI is InChI=1S/C14H20O/c1-2-3-9-14(10-4-11-14)12-5-7-13(15)8-6-12/h5-8,15H,2-4,9-11H2,1H3. The van der Waals surface area contributed by atoms with Gasteiger partial charge in [-0.1, -0.05) is 38.3 Å². The van der Waals surface area contributed by atoms with Crippen LogP contribution in [0.3, 0.4) is 0 Å². The summed E-state index contributed by atoms with van der Waals surface area (Å²) >= 11 is 0. The van der Waals surface area contributed by atoms with Crippen LogP contribution in [0.25, 0.3) is 0 Å². The molecule has 15 heavy (non-hydrogen) atoms. The van der Waals surface area contributed by atoms with Gasteiger partial charge in [0.2, 0.25) is 0 Å². The van der Waals surface area contributed by atoms with Gasteiger partial charge in [-0.3, -0.25) is 0 Å². The van der Waals surface area contributed by atoms with Gasteiger partial charge in [-0.15, -0.1) is 0 Å². The van der Waals surface area contributed by atoms with E-state index in [0.717, 1.165) is 0 Å². The van der Waals surface area contributed by atoms with Gasteiger partial charge in [0.05, 0.1) is 0 Å². The smallest absolute Gasteiger partial charge is 0.115 e. The summed E-state index contributed by atoms with van der Waals surface area (Å²) in [7, 11) is 0. The Balaban J connectivity index is 2.14. The maximum absolute atomic E-state index is 9.29. The number of phenols is 1. The van der Waals surface area contributed by atoms with Crippen LogP contribution < -0.4 is 0 Å². The van der Waals surface area contributed by atoms with E-state index < -0.39 is 0 Å². The highest BCUT2D eigenvalue weighted by Crippen LogP contribution is 2.47. The van der Waals surface area contributed by atoms with Gasteiger partial charge in [-0.2, -0.15) is 0 Å². The largest absolute Gasteiger partial charge is 0.508 e. The molecule has 82 valence electrons. The Morgan fingerprint density at radius 1 is 1.20 bits per heavy atom. The summed E-state index contributed by atoms with van der Waals surface area (Å²) in [6.45, 7) is 2.25. The Morgan fingerprint density at radius 3 is 2.33 bits per heavy atom. The minimum absolute atomic E-state index is 0.378. The number of rotatable bonds is 4. The molecule has 0 heterocycles. The van der Waals surface area contributed by atoms with Crippen LogP contribution in [-0.4, -0.2) is 5.11 Å². The van der Waals surface area contributed by atoms with Crippen molar-refractivity contribution in [1.29, 1.82) is 0 Å². The van der Waals surface area contributed by atoms with Gasteiger partial charge < -0.3 is 5.11 Å². The monoisotopic (exact) mass is 204 g/mol. The van der Waals surface area contributed by atoms with Crippen LogP contribution in [0.2, 0.25) is 0 Å². The van der Waals surface area contributed by atoms with Gasteiger partial charge in [0.25, 0.3) is 0 Å². The first-order valence-electron chi connectivity index (χ1n) is 6.06.